The summed E-state index contributed by atoms with van der Waals surface area (Å²) in [5, 5.41) is 2.99. The van der Waals surface area contributed by atoms with Crippen LogP contribution >= 0.6 is 0 Å². The average molecular weight is 361 g/mol. The highest BCUT2D eigenvalue weighted by Gasteiger charge is 2.30. The maximum absolute atomic E-state index is 12.5. The molecule has 0 spiro atoms. The Morgan fingerprint density at radius 1 is 1.38 bits per heavy atom. The molecule has 3 rings (SSSR count). The normalized spacial score (nSPS) is 24.0. The highest BCUT2D eigenvalue weighted by molar-refractivity contribution is 5.85. The second-order valence-electron chi connectivity index (χ2n) is 6.96. The maximum atomic E-state index is 12.5. The summed E-state index contributed by atoms with van der Waals surface area (Å²) < 4.78 is 11.5. The smallest absolute Gasteiger partial charge is 0.240 e. The number of carbonyl (C=O) groups is 2. The largest absolute Gasteiger partial charge is 0.486 e. The summed E-state index contributed by atoms with van der Waals surface area (Å²) in [5.41, 5.74) is 0.927. The zero-order valence-electron chi connectivity index (χ0n) is 15.3. The van der Waals surface area contributed by atoms with Crippen LogP contribution in [0.5, 0.6) is 5.75 Å². The van der Waals surface area contributed by atoms with Crippen molar-refractivity contribution in [1.29, 1.82) is 0 Å². The van der Waals surface area contributed by atoms with Crippen LogP contribution in [0.2, 0.25) is 0 Å². The highest BCUT2D eigenvalue weighted by Crippen LogP contribution is 2.18. The predicted octanol–water partition coefficient (Wildman–Crippen LogP) is 1.45. The first-order valence-corrected chi connectivity index (χ1v) is 9.36. The number of amides is 2. The van der Waals surface area contributed by atoms with Crippen LogP contribution in [0, 0.1) is 6.92 Å². The first-order chi connectivity index (χ1) is 12.6. The van der Waals surface area contributed by atoms with E-state index in [9.17, 15) is 9.59 Å². The lowest BCUT2D eigenvalue weighted by Crippen LogP contribution is -2.54. The van der Waals surface area contributed by atoms with Crippen LogP contribution in [-0.2, 0) is 14.3 Å². The number of ether oxygens (including phenoxy) is 2. The molecule has 2 aliphatic rings. The van der Waals surface area contributed by atoms with Crippen molar-refractivity contribution in [2.75, 3.05) is 26.3 Å². The maximum Gasteiger partial charge on any atom is 0.240 e. The van der Waals surface area contributed by atoms with E-state index < -0.39 is 0 Å². The number of hydrogen-bond donors (Lipinski definition) is 1. The van der Waals surface area contributed by atoms with Crippen LogP contribution in [-0.4, -0.2) is 60.1 Å². The van der Waals surface area contributed by atoms with Gasteiger partial charge in [0.25, 0.3) is 0 Å². The van der Waals surface area contributed by atoms with Crippen molar-refractivity contribution in [2.45, 2.75) is 51.2 Å². The summed E-state index contributed by atoms with van der Waals surface area (Å²) in [6, 6.07) is 3.54. The van der Waals surface area contributed by atoms with E-state index in [4.69, 9.17) is 9.47 Å². The van der Waals surface area contributed by atoms with E-state index in [-0.39, 0.29) is 30.5 Å². The number of pyridine rings is 1. The third kappa shape index (κ3) is 5.17. The van der Waals surface area contributed by atoms with Gasteiger partial charge in [-0.05, 0) is 31.9 Å². The summed E-state index contributed by atoms with van der Waals surface area (Å²) in [6.07, 6.45) is 5.66. The van der Waals surface area contributed by atoms with Gasteiger partial charge in [0, 0.05) is 25.1 Å². The molecular formula is C19H27N3O4. The lowest BCUT2D eigenvalue weighted by molar-refractivity contribution is -0.136. The van der Waals surface area contributed by atoms with Crippen molar-refractivity contribution in [3.8, 4) is 5.75 Å². The topological polar surface area (TPSA) is 80.8 Å². The Morgan fingerprint density at radius 3 is 3.08 bits per heavy atom. The van der Waals surface area contributed by atoms with Crippen LogP contribution in [0.25, 0.3) is 0 Å². The van der Waals surface area contributed by atoms with E-state index in [1.807, 2.05) is 19.1 Å². The van der Waals surface area contributed by atoms with Gasteiger partial charge < -0.3 is 19.7 Å². The summed E-state index contributed by atoms with van der Waals surface area (Å²) in [7, 11) is 0. The van der Waals surface area contributed by atoms with Gasteiger partial charge in [-0.2, -0.15) is 0 Å². The molecule has 2 amide bonds. The van der Waals surface area contributed by atoms with E-state index in [0.717, 1.165) is 25.0 Å². The van der Waals surface area contributed by atoms with Crippen LogP contribution < -0.4 is 10.1 Å². The Balaban J connectivity index is 1.56. The lowest BCUT2D eigenvalue weighted by Gasteiger charge is -2.33. The van der Waals surface area contributed by atoms with Crippen molar-refractivity contribution < 1.29 is 19.1 Å². The Kier molecular flexibility index (Phi) is 6.44. The lowest BCUT2D eigenvalue weighted by atomic mass is 10.1. The molecule has 26 heavy (non-hydrogen) atoms. The fraction of sp³-hybridized carbons (Fsp3) is 0.632. The molecule has 3 heterocycles. The van der Waals surface area contributed by atoms with Gasteiger partial charge in [0.15, 0.2) is 0 Å². The van der Waals surface area contributed by atoms with E-state index in [2.05, 4.69) is 10.3 Å². The third-order valence-corrected chi connectivity index (χ3v) is 4.82. The van der Waals surface area contributed by atoms with E-state index in [1.54, 1.807) is 11.1 Å². The highest BCUT2D eigenvalue weighted by atomic mass is 16.5. The number of aromatic nitrogens is 1. The molecule has 0 bridgehead atoms. The minimum atomic E-state index is -0.236. The van der Waals surface area contributed by atoms with Crippen molar-refractivity contribution in [3.63, 3.8) is 0 Å². The monoisotopic (exact) mass is 361 g/mol. The van der Waals surface area contributed by atoms with Gasteiger partial charge in [-0.3, -0.25) is 14.6 Å². The van der Waals surface area contributed by atoms with Gasteiger partial charge in [0.1, 0.15) is 11.9 Å². The summed E-state index contributed by atoms with van der Waals surface area (Å²) in [4.78, 5) is 30.4. The van der Waals surface area contributed by atoms with Gasteiger partial charge in [0.2, 0.25) is 11.8 Å². The standard InChI is InChI=1S/C19H27N3O4/c1-14-6-7-15(11-20-14)26-17-8-10-25-13-16(17)21-18(23)12-22-9-4-2-3-5-19(22)24/h6-7,11,16-17H,2-5,8-10,12-13H2,1H3,(H,21,23)/t16-,17+/m1/s1. The molecule has 0 radical (unpaired) electrons. The average Bonchev–Trinajstić information content (AvgIpc) is 2.83. The van der Waals surface area contributed by atoms with Crippen molar-refractivity contribution in [3.05, 3.63) is 24.0 Å². The first-order valence-electron chi connectivity index (χ1n) is 9.36. The zero-order chi connectivity index (χ0) is 18.4. The number of hydrogen-bond acceptors (Lipinski definition) is 5. The van der Waals surface area contributed by atoms with Crippen molar-refractivity contribution >= 4 is 11.8 Å². The van der Waals surface area contributed by atoms with E-state index in [0.29, 0.717) is 38.3 Å². The number of aryl methyl sites for hydroxylation is 1. The van der Waals surface area contributed by atoms with Crippen LogP contribution in [0.15, 0.2) is 18.3 Å². The molecule has 0 unspecified atom stereocenters. The third-order valence-electron chi connectivity index (χ3n) is 4.82. The summed E-state index contributed by atoms with van der Waals surface area (Å²) in [6.45, 7) is 3.69. The second kappa shape index (κ2) is 8.98. The number of carbonyl (C=O) groups excluding carboxylic acids is 2. The van der Waals surface area contributed by atoms with Crippen LogP contribution in [0.1, 0.15) is 37.8 Å². The Bertz CT molecular complexity index is 620. The summed E-state index contributed by atoms with van der Waals surface area (Å²) in [5.74, 6) is 0.590. The number of nitrogens with zero attached hydrogens (tertiary/aromatic N) is 2. The quantitative estimate of drug-likeness (QED) is 0.858. The minimum absolute atomic E-state index is 0.0658. The Labute approximate surface area is 154 Å². The molecule has 142 valence electrons. The Hall–Kier alpha value is -2.15. The van der Waals surface area contributed by atoms with Crippen LogP contribution in [0.4, 0.5) is 0 Å². The van der Waals surface area contributed by atoms with Gasteiger partial charge >= 0.3 is 0 Å². The number of rotatable bonds is 5. The molecule has 2 aliphatic heterocycles. The number of likely N-dealkylation sites (tertiary alicyclic amines) is 1. The molecule has 7 heteroatoms. The molecule has 7 nitrogen and oxygen atoms in total. The Morgan fingerprint density at radius 2 is 2.27 bits per heavy atom. The zero-order valence-corrected chi connectivity index (χ0v) is 15.3. The van der Waals surface area contributed by atoms with Gasteiger partial charge in [-0.1, -0.05) is 6.42 Å². The van der Waals surface area contributed by atoms with Crippen LogP contribution in [0.3, 0.4) is 0 Å². The molecule has 2 atom stereocenters. The molecule has 1 N–H and O–H groups in total. The SMILES string of the molecule is Cc1ccc(O[C@H]2CCOC[C@H]2NC(=O)CN2CCCCCC2=O)cn1. The van der Waals surface area contributed by atoms with Gasteiger partial charge in [-0.25, -0.2) is 0 Å². The molecule has 1 aromatic rings. The first kappa shape index (κ1) is 18.6. The molecule has 0 aromatic carbocycles. The molecule has 2 saturated heterocycles. The van der Waals surface area contributed by atoms with E-state index in [1.165, 1.54) is 0 Å². The van der Waals surface area contributed by atoms with Gasteiger partial charge in [0.05, 0.1) is 32.0 Å². The second-order valence-corrected chi connectivity index (χ2v) is 6.96. The minimum Gasteiger partial charge on any atom is -0.486 e. The molecule has 0 saturated carbocycles. The molecular weight excluding hydrogens is 334 g/mol. The van der Waals surface area contributed by atoms with Crippen molar-refractivity contribution in [2.24, 2.45) is 0 Å². The fourth-order valence-electron chi connectivity index (χ4n) is 3.32. The predicted molar refractivity (Wildman–Crippen MR) is 95.8 cm³/mol. The number of nitrogens with one attached hydrogen (secondary N) is 1. The van der Waals surface area contributed by atoms with Gasteiger partial charge in [-0.15, -0.1) is 0 Å². The molecule has 0 aliphatic carbocycles. The fourth-order valence-corrected chi connectivity index (χ4v) is 3.32. The summed E-state index contributed by atoms with van der Waals surface area (Å²) >= 11 is 0. The van der Waals surface area contributed by atoms with E-state index >= 15 is 0 Å². The molecule has 1 aromatic heterocycles. The van der Waals surface area contributed by atoms with Crippen molar-refractivity contribution in [1.82, 2.24) is 15.2 Å². The molecule has 2 fully saturated rings.